The fraction of sp³-hybridized carbons (Fsp3) is 0.750. The molecule has 1 rings (SSSR count). The van der Waals surface area contributed by atoms with Crippen LogP contribution < -0.4 is 5.73 Å². The van der Waals surface area contributed by atoms with Crippen molar-refractivity contribution in [1.82, 2.24) is 0 Å². The Morgan fingerprint density at radius 2 is 2.38 bits per heavy atom. The van der Waals surface area contributed by atoms with E-state index in [1.165, 1.54) is 18.7 Å². The summed E-state index contributed by atoms with van der Waals surface area (Å²) in [5, 5.41) is 0.305. The van der Waals surface area contributed by atoms with E-state index in [4.69, 9.17) is 10.5 Å². The van der Waals surface area contributed by atoms with Crippen LogP contribution in [0.15, 0.2) is 4.99 Å². The Morgan fingerprint density at radius 1 is 1.62 bits per heavy atom. The molecule has 1 saturated heterocycles. The first-order valence-electron chi connectivity index (χ1n) is 4.31. The molecule has 1 unspecified atom stereocenters. The molecule has 0 aliphatic carbocycles. The maximum atomic E-state index is 10.6. The third-order valence-corrected chi connectivity index (χ3v) is 2.63. The molecule has 1 aliphatic heterocycles. The van der Waals surface area contributed by atoms with Gasteiger partial charge in [0.05, 0.1) is 0 Å². The number of hydrogen-bond donors (Lipinski definition) is 1. The second-order valence-electron chi connectivity index (χ2n) is 2.88. The lowest BCUT2D eigenvalue weighted by molar-refractivity contribution is -0.115. The summed E-state index contributed by atoms with van der Waals surface area (Å²) in [6, 6.07) is 0. The Hall–Kier alpha value is -0.550. The zero-order valence-electron chi connectivity index (χ0n) is 7.66. The predicted molar refractivity (Wildman–Crippen MR) is 53.5 cm³/mol. The van der Waals surface area contributed by atoms with Crippen LogP contribution in [-0.2, 0) is 9.53 Å². The second kappa shape index (κ2) is 5.24. The van der Waals surface area contributed by atoms with Crippen molar-refractivity contribution in [1.29, 1.82) is 0 Å². The first kappa shape index (κ1) is 10.5. The van der Waals surface area contributed by atoms with Crippen LogP contribution in [0.5, 0.6) is 0 Å². The molecule has 0 aromatic rings. The molecule has 0 aromatic heterocycles. The normalized spacial score (nSPS) is 24.4. The van der Waals surface area contributed by atoms with Crippen molar-refractivity contribution in [3.05, 3.63) is 0 Å². The smallest absolute Gasteiger partial charge is 0.244 e. The lowest BCUT2D eigenvalue weighted by Gasteiger charge is -2.21. The van der Waals surface area contributed by atoms with E-state index >= 15 is 0 Å². The number of carbonyl (C=O) groups excluding carboxylic acids is 1. The van der Waals surface area contributed by atoms with Crippen molar-refractivity contribution in [2.75, 3.05) is 6.61 Å². The molecule has 0 bridgehead atoms. The van der Waals surface area contributed by atoms with Gasteiger partial charge in [-0.2, -0.15) is 4.99 Å². The van der Waals surface area contributed by atoms with Crippen LogP contribution in [0, 0.1) is 0 Å². The molecule has 0 saturated carbocycles. The fourth-order valence-electron chi connectivity index (χ4n) is 1.12. The molecular formula is C8H14N2O2S. The number of thioether (sulfide) groups is 1. The van der Waals surface area contributed by atoms with Gasteiger partial charge < -0.3 is 10.5 Å². The number of nitrogens with zero attached hydrogens (tertiary/aromatic N) is 1. The minimum atomic E-state index is -0.263. The van der Waals surface area contributed by atoms with Crippen LogP contribution in [0.1, 0.15) is 26.2 Å². The average molecular weight is 202 g/mol. The van der Waals surface area contributed by atoms with Crippen molar-refractivity contribution < 1.29 is 9.53 Å². The topological polar surface area (TPSA) is 64.7 Å². The monoisotopic (exact) mass is 202 g/mol. The number of hydrogen-bond acceptors (Lipinski definition) is 3. The highest BCUT2D eigenvalue weighted by molar-refractivity contribution is 8.14. The number of amides is 1. The van der Waals surface area contributed by atoms with Crippen LogP contribution in [0.4, 0.5) is 0 Å². The van der Waals surface area contributed by atoms with Gasteiger partial charge in [0, 0.05) is 13.5 Å². The highest BCUT2D eigenvalue weighted by atomic mass is 32.2. The number of nitrogens with two attached hydrogens (primary N) is 1. The SMILES string of the molecule is CC(=O)N=C(N)SC1CCCCO1. The molecule has 0 aromatic carbocycles. The molecule has 1 amide bonds. The van der Waals surface area contributed by atoms with Gasteiger partial charge in [-0.25, -0.2) is 0 Å². The van der Waals surface area contributed by atoms with E-state index in [2.05, 4.69) is 4.99 Å². The molecule has 2 N–H and O–H groups in total. The maximum absolute atomic E-state index is 10.6. The molecule has 0 radical (unpaired) electrons. The van der Waals surface area contributed by atoms with Crippen molar-refractivity contribution in [3.63, 3.8) is 0 Å². The molecule has 74 valence electrons. The van der Waals surface area contributed by atoms with Gasteiger partial charge in [0.15, 0.2) is 5.17 Å². The highest BCUT2D eigenvalue weighted by Crippen LogP contribution is 2.22. The molecule has 1 atom stereocenters. The molecule has 4 nitrogen and oxygen atoms in total. The van der Waals surface area contributed by atoms with Gasteiger partial charge in [0.25, 0.3) is 0 Å². The van der Waals surface area contributed by atoms with Crippen molar-refractivity contribution in [2.45, 2.75) is 31.6 Å². The van der Waals surface area contributed by atoms with Gasteiger partial charge in [0.2, 0.25) is 5.91 Å². The lowest BCUT2D eigenvalue weighted by Crippen LogP contribution is -2.21. The second-order valence-corrected chi connectivity index (χ2v) is 4.06. The van der Waals surface area contributed by atoms with E-state index in [0.717, 1.165) is 25.9 Å². The highest BCUT2D eigenvalue weighted by Gasteiger charge is 2.15. The fourth-order valence-corrected chi connectivity index (χ4v) is 2.02. The molecule has 13 heavy (non-hydrogen) atoms. The van der Waals surface area contributed by atoms with Gasteiger partial charge in [-0.05, 0) is 19.3 Å². The standard InChI is InChI=1S/C8H14N2O2S/c1-6(11)10-8(9)13-7-4-2-3-5-12-7/h7H,2-5H2,1H3,(H2,9,10,11). The Balaban J connectivity index is 2.33. The molecule has 5 heteroatoms. The first-order valence-corrected chi connectivity index (χ1v) is 5.19. The van der Waals surface area contributed by atoms with E-state index in [-0.39, 0.29) is 11.3 Å². The largest absolute Gasteiger partial charge is 0.378 e. The number of aliphatic imine (C=N–C) groups is 1. The zero-order valence-corrected chi connectivity index (χ0v) is 8.47. The minimum absolute atomic E-state index is 0.0804. The molecule has 1 fully saturated rings. The summed E-state index contributed by atoms with van der Waals surface area (Å²) in [5.74, 6) is -0.263. The van der Waals surface area contributed by atoms with Gasteiger partial charge in [0.1, 0.15) is 5.44 Å². The van der Waals surface area contributed by atoms with Gasteiger partial charge in [-0.3, -0.25) is 4.79 Å². The Labute approximate surface area is 81.9 Å². The van der Waals surface area contributed by atoms with Gasteiger partial charge in [-0.15, -0.1) is 0 Å². The van der Waals surface area contributed by atoms with Crippen molar-refractivity contribution >= 4 is 22.8 Å². The summed E-state index contributed by atoms with van der Waals surface area (Å²) >= 11 is 1.33. The van der Waals surface area contributed by atoms with Crippen LogP contribution in [0.2, 0.25) is 0 Å². The molecule has 1 aliphatic rings. The van der Waals surface area contributed by atoms with Gasteiger partial charge in [-0.1, -0.05) is 11.8 Å². The third kappa shape index (κ3) is 4.28. The molecule has 1 heterocycles. The van der Waals surface area contributed by atoms with E-state index in [1.54, 1.807) is 0 Å². The Kier molecular flexibility index (Phi) is 4.24. The zero-order chi connectivity index (χ0) is 9.68. The molecular weight excluding hydrogens is 188 g/mol. The van der Waals surface area contributed by atoms with Crippen LogP contribution >= 0.6 is 11.8 Å². The van der Waals surface area contributed by atoms with E-state index in [0.29, 0.717) is 5.17 Å². The van der Waals surface area contributed by atoms with E-state index in [1.807, 2.05) is 0 Å². The van der Waals surface area contributed by atoms with Crippen LogP contribution in [0.3, 0.4) is 0 Å². The summed E-state index contributed by atoms with van der Waals surface area (Å²) in [6.07, 6.45) is 3.25. The summed E-state index contributed by atoms with van der Waals surface area (Å²) in [6.45, 7) is 2.17. The van der Waals surface area contributed by atoms with Crippen molar-refractivity contribution in [2.24, 2.45) is 10.7 Å². The van der Waals surface area contributed by atoms with Crippen LogP contribution in [0.25, 0.3) is 0 Å². The quantitative estimate of drug-likeness (QED) is 0.511. The number of rotatable bonds is 1. The van der Waals surface area contributed by atoms with E-state index < -0.39 is 0 Å². The van der Waals surface area contributed by atoms with Crippen LogP contribution in [-0.4, -0.2) is 23.1 Å². The van der Waals surface area contributed by atoms with Gasteiger partial charge >= 0.3 is 0 Å². The van der Waals surface area contributed by atoms with Crippen molar-refractivity contribution in [3.8, 4) is 0 Å². The average Bonchev–Trinajstić information content (AvgIpc) is 2.04. The Bertz CT molecular complexity index is 212. The van der Waals surface area contributed by atoms with E-state index in [9.17, 15) is 4.79 Å². The lowest BCUT2D eigenvalue weighted by atomic mass is 10.2. The summed E-state index contributed by atoms with van der Waals surface area (Å²) in [5.41, 5.74) is 5.60. The summed E-state index contributed by atoms with van der Waals surface area (Å²) < 4.78 is 5.42. The third-order valence-electron chi connectivity index (χ3n) is 1.66. The number of ether oxygens (including phenoxy) is 1. The number of amidine groups is 1. The first-order chi connectivity index (χ1) is 6.18. The predicted octanol–water partition coefficient (Wildman–Crippen LogP) is 1.11. The summed E-state index contributed by atoms with van der Waals surface area (Å²) in [4.78, 5) is 14.2. The summed E-state index contributed by atoms with van der Waals surface area (Å²) in [7, 11) is 0. The maximum Gasteiger partial charge on any atom is 0.244 e. The Morgan fingerprint density at radius 3 is 2.92 bits per heavy atom. The number of carbonyl (C=O) groups is 1. The molecule has 0 spiro atoms. The minimum Gasteiger partial charge on any atom is -0.378 e.